The number of para-hydroxylation sites is 1. The molecule has 2 heterocycles. The van der Waals surface area contributed by atoms with E-state index in [4.69, 9.17) is 11.6 Å². The number of benzene rings is 2. The van der Waals surface area contributed by atoms with Crippen molar-refractivity contribution in [1.82, 2.24) is 9.47 Å². The highest BCUT2D eigenvalue weighted by atomic mass is 35.5. The maximum atomic E-state index is 6.40. The lowest BCUT2D eigenvalue weighted by atomic mass is 10.1. The van der Waals surface area contributed by atoms with Crippen LogP contribution >= 0.6 is 23.4 Å². The second-order valence-corrected chi connectivity index (χ2v) is 8.67. The molecule has 0 unspecified atom stereocenters. The molecule has 0 saturated carbocycles. The van der Waals surface area contributed by atoms with E-state index in [1.165, 1.54) is 54.5 Å². The lowest BCUT2D eigenvalue weighted by Gasteiger charge is -2.27. The minimum atomic E-state index is 0.847. The summed E-state index contributed by atoms with van der Waals surface area (Å²) in [6, 6.07) is 17.1. The average Bonchev–Trinajstić information content (AvgIpc) is 3.01. The lowest BCUT2D eigenvalue weighted by molar-refractivity contribution is 0.221. The van der Waals surface area contributed by atoms with E-state index in [-0.39, 0.29) is 0 Å². The predicted octanol–water partition coefficient (Wildman–Crippen LogP) is 6.59. The number of piperidine rings is 1. The van der Waals surface area contributed by atoms with Gasteiger partial charge in [-0.25, -0.2) is 0 Å². The van der Waals surface area contributed by atoms with Gasteiger partial charge in [-0.15, -0.1) is 11.8 Å². The van der Waals surface area contributed by atoms with Crippen molar-refractivity contribution in [1.29, 1.82) is 0 Å². The van der Waals surface area contributed by atoms with Gasteiger partial charge >= 0.3 is 0 Å². The number of fused-ring (bicyclic) bond motifs is 1. The van der Waals surface area contributed by atoms with Crippen molar-refractivity contribution in [2.24, 2.45) is 0 Å². The van der Waals surface area contributed by atoms with Gasteiger partial charge in [0.15, 0.2) is 0 Å². The Kier molecular flexibility index (Phi) is 6.11. The van der Waals surface area contributed by atoms with E-state index in [1.807, 2.05) is 23.9 Å². The SMILES string of the molecule is CCn1c(CSc2ccccc2Cl)c(CN2CCCCC2)c2ccccc21. The molecule has 0 radical (unpaired) electrons. The van der Waals surface area contributed by atoms with Crippen LogP contribution in [0, 0.1) is 0 Å². The molecular weight excluding hydrogens is 372 g/mol. The quantitative estimate of drug-likeness (QED) is 0.432. The number of rotatable bonds is 6. The van der Waals surface area contributed by atoms with Crippen LogP contribution in [0.5, 0.6) is 0 Å². The van der Waals surface area contributed by atoms with Crippen LogP contribution in [0.1, 0.15) is 37.4 Å². The highest BCUT2D eigenvalue weighted by Gasteiger charge is 2.20. The van der Waals surface area contributed by atoms with Crippen LogP contribution < -0.4 is 0 Å². The minimum Gasteiger partial charge on any atom is -0.344 e. The Hall–Kier alpha value is -1.42. The molecule has 1 saturated heterocycles. The summed E-state index contributed by atoms with van der Waals surface area (Å²) in [5.74, 6) is 0.954. The molecule has 1 aromatic heterocycles. The Bertz CT molecular complexity index is 912. The van der Waals surface area contributed by atoms with E-state index in [0.717, 1.165) is 28.8 Å². The Balaban J connectivity index is 1.70. The molecule has 27 heavy (non-hydrogen) atoms. The van der Waals surface area contributed by atoms with Crippen molar-refractivity contribution in [2.45, 2.75) is 49.9 Å². The monoisotopic (exact) mass is 398 g/mol. The summed E-state index contributed by atoms with van der Waals surface area (Å²) in [4.78, 5) is 3.80. The molecular formula is C23H27ClN2S. The maximum absolute atomic E-state index is 6.40. The normalized spacial score (nSPS) is 15.5. The summed E-state index contributed by atoms with van der Waals surface area (Å²) in [5.41, 5.74) is 4.32. The first kappa shape index (κ1) is 18.9. The smallest absolute Gasteiger partial charge is 0.0541 e. The molecule has 142 valence electrons. The molecule has 0 N–H and O–H groups in total. The predicted molar refractivity (Wildman–Crippen MR) is 118 cm³/mol. The highest BCUT2D eigenvalue weighted by molar-refractivity contribution is 7.98. The number of nitrogens with zero attached hydrogens (tertiary/aromatic N) is 2. The van der Waals surface area contributed by atoms with E-state index in [9.17, 15) is 0 Å². The zero-order valence-corrected chi connectivity index (χ0v) is 17.5. The third-order valence-corrected chi connectivity index (χ3v) is 7.07. The van der Waals surface area contributed by atoms with Crippen LogP contribution in [0.25, 0.3) is 10.9 Å². The first-order valence-electron chi connectivity index (χ1n) is 9.96. The summed E-state index contributed by atoms with van der Waals surface area (Å²) in [7, 11) is 0. The lowest BCUT2D eigenvalue weighted by Crippen LogP contribution is -2.29. The molecule has 3 aromatic rings. The molecule has 0 spiro atoms. The van der Waals surface area contributed by atoms with Crippen molar-refractivity contribution >= 4 is 34.3 Å². The molecule has 2 nitrogen and oxygen atoms in total. The third kappa shape index (κ3) is 4.06. The van der Waals surface area contributed by atoms with Crippen LogP contribution in [0.2, 0.25) is 5.02 Å². The van der Waals surface area contributed by atoms with Gasteiger partial charge in [0.05, 0.1) is 5.02 Å². The van der Waals surface area contributed by atoms with Gasteiger partial charge in [-0.3, -0.25) is 4.90 Å². The first-order valence-corrected chi connectivity index (χ1v) is 11.3. The molecule has 1 aliphatic heterocycles. The van der Waals surface area contributed by atoms with Crippen molar-refractivity contribution < 1.29 is 0 Å². The molecule has 4 heteroatoms. The van der Waals surface area contributed by atoms with Gasteiger partial charge in [-0.2, -0.15) is 0 Å². The van der Waals surface area contributed by atoms with E-state index in [0.29, 0.717) is 0 Å². The molecule has 1 aliphatic rings. The number of thioether (sulfide) groups is 1. The molecule has 4 rings (SSSR count). The minimum absolute atomic E-state index is 0.847. The van der Waals surface area contributed by atoms with Crippen molar-refractivity contribution in [3.63, 3.8) is 0 Å². The number of halogens is 1. The van der Waals surface area contributed by atoms with Gasteiger partial charge in [-0.1, -0.05) is 48.4 Å². The molecule has 0 bridgehead atoms. The largest absolute Gasteiger partial charge is 0.344 e. The van der Waals surface area contributed by atoms with Crippen molar-refractivity contribution in [2.75, 3.05) is 13.1 Å². The van der Waals surface area contributed by atoms with E-state index < -0.39 is 0 Å². The Morgan fingerprint density at radius 3 is 2.48 bits per heavy atom. The van der Waals surface area contributed by atoms with Gasteiger partial charge in [0.2, 0.25) is 0 Å². The summed E-state index contributed by atoms with van der Waals surface area (Å²) in [6.07, 6.45) is 4.04. The molecule has 0 amide bonds. The van der Waals surface area contributed by atoms with E-state index >= 15 is 0 Å². The standard InChI is InChI=1S/C23H27ClN2S/c1-2-26-21-12-6-4-10-18(21)19(16-25-14-8-3-9-15-25)22(26)17-27-23-13-7-5-11-20(23)24/h4-7,10-13H,2-3,8-9,14-17H2,1H3. The molecule has 0 aliphatic carbocycles. The topological polar surface area (TPSA) is 8.17 Å². The molecule has 1 fully saturated rings. The summed E-state index contributed by atoms with van der Waals surface area (Å²) < 4.78 is 2.50. The number of hydrogen-bond acceptors (Lipinski definition) is 2. The van der Waals surface area contributed by atoms with Crippen LogP contribution in [0.15, 0.2) is 53.4 Å². The fourth-order valence-corrected chi connectivity index (χ4v) is 5.48. The van der Waals surface area contributed by atoms with Crippen LogP contribution in [0.3, 0.4) is 0 Å². The number of aryl methyl sites for hydroxylation is 1. The zero-order chi connectivity index (χ0) is 18.6. The molecule has 2 aromatic carbocycles. The van der Waals surface area contributed by atoms with E-state index in [2.05, 4.69) is 52.8 Å². The molecule has 0 atom stereocenters. The van der Waals surface area contributed by atoms with Crippen LogP contribution in [-0.2, 0) is 18.8 Å². The van der Waals surface area contributed by atoms with Gasteiger partial charge in [0.25, 0.3) is 0 Å². The number of hydrogen-bond donors (Lipinski definition) is 0. The van der Waals surface area contributed by atoms with Gasteiger partial charge in [0, 0.05) is 40.3 Å². The van der Waals surface area contributed by atoms with Crippen molar-refractivity contribution in [3.8, 4) is 0 Å². The van der Waals surface area contributed by atoms with E-state index in [1.54, 1.807) is 0 Å². The van der Waals surface area contributed by atoms with Gasteiger partial charge in [0.1, 0.15) is 0 Å². The van der Waals surface area contributed by atoms with Crippen molar-refractivity contribution in [3.05, 3.63) is 64.8 Å². The highest BCUT2D eigenvalue weighted by Crippen LogP contribution is 2.35. The second kappa shape index (κ2) is 8.72. The Morgan fingerprint density at radius 1 is 0.963 bits per heavy atom. The second-order valence-electron chi connectivity index (χ2n) is 7.24. The summed E-state index contributed by atoms with van der Waals surface area (Å²) in [5, 5.41) is 2.26. The average molecular weight is 399 g/mol. The third-order valence-electron chi connectivity index (χ3n) is 5.54. The van der Waals surface area contributed by atoms with Gasteiger partial charge < -0.3 is 4.57 Å². The van der Waals surface area contributed by atoms with Crippen LogP contribution in [0.4, 0.5) is 0 Å². The summed E-state index contributed by atoms with van der Waals surface area (Å²) >= 11 is 8.25. The first-order chi connectivity index (χ1) is 13.3. The Morgan fingerprint density at radius 2 is 1.70 bits per heavy atom. The zero-order valence-electron chi connectivity index (χ0n) is 16.0. The fraction of sp³-hybridized carbons (Fsp3) is 0.391. The fourth-order valence-electron chi connectivity index (χ4n) is 4.18. The maximum Gasteiger partial charge on any atom is 0.0541 e. The van der Waals surface area contributed by atoms with Gasteiger partial charge in [-0.05, 0) is 56.6 Å². The summed E-state index contributed by atoms with van der Waals surface area (Å²) in [6.45, 7) is 6.76. The van der Waals surface area contributed by atoms with Crippen LogP contribution in [-0.4, -0.2) is 22.6 Å². The number of likely N-dealkylation sites (tertiary alicyclic amines) is 1. The Labute approximate surface area is 171 Å². The number of aromatic nitrogens is 1.